The van der Waals surface area contributed by atoms with E-state index in [9.17, 15) is 18.0 Å². The molecule has 148 valence electrons. The van der Waals surface area contributed by atoms with E-state index in [0.717, 1.165) is 0 Å². The first-order chi connectivity index (χ1) is 13.3. The maximum atomic E-state index is 12.9. The van der Waals surface area contributed by atoms with Gasteiger partial charge < -0.3 is 4.52 Å². The highest BCUT2D eigenvalue weighted by molar-refractivity contribution is 7.89. The number of sulfonamides is 1. The van der Waals surface area contributed by atoms with Crippen LogP contribution in [0.25, 0.3) is 11.0 Å². The Bertz CT molecular complexity index is 1250. The van der Waals surface area contributed by atoms with E-state index in [1.807, 2.05) is 0 Å². The van der Waals surface area contributed by atoms with Crippen molar-refractivity contribution in [3.05, 3.63) is 50.6 Å². The minimum atomic E-state index is -3.75. The van der Waals surface area contributed by atoms with Crippen LogP contribution in [0.1, 0.15) is 30.3 Å². The maximum absolute atomic E-state index is 12.9. The Balaban J connectivity index is 1.63. The molecule has 28 heavy (non-hydrogen) atoms. The molecule has 0 radical (unpaired) electrons. The first kappa shape index (κ1) is 18.6. The minimum absolute atomic E-state index is 0.0812. The van der Waals surface area contributed by atoms with Gasteiger partial charge in [-0.1, -0.05) is 5.16 Å². The molecule has 1 aliphatic rings. The third kappa shape index (κ3) is 2.87. The van der Waals surface area contributed by atoms with Crippen molar-refractivity contribution in [1.82, 2.24) is 24.0 Å². The van der Waals surface area contributed by atoms with Crippen LogP contribution in [0.3, 0.4) is 0 Å². The average molecular weight is 405 g/mol. The van der Waals surface area contributed by atoms with Crippen LogP contribution < -0.4 is 11.2 Å². The summed E-state index contributed by atoms with van der Waals surface area (Å²) in [6.45, 7) is 3.52. The van der Waals surface area contributed by atoms with Crippen molar-refractivity contribution in [2.75, 3.05) is 13.1 Å². The number of hydrogen-bond donors (Lipinski definition) is 1. The summed E-state index contributed by atoms with van der Waals surface area (Å²) in [7, 11) is -3.75. The van der Waals surface area contributed by atoms with E-state index in [0.29, 0.717) is 23.9 Å². The van der Waals surface area contributed by atoms with Gasteiger partial charge in [0, 0.05) is 25.3 Å². The smallest absolute Gasteiger partial charge is 0.330 e. The fourth-order valence-electron chi connectivity index (χ4n) is 3.71. The van der Waals surface area contributed by atoms with E-state index in [1.165, 1.54) is 15.1 Å². The molecule has 10 nitrogen and oxygen atoms in total. The zero-order chi connectivity index (χ0) is 20.1. The first-order valence-electron chi connectivity index (χ1n) is 8.83. The number of aromatic amines is 1. The lowest BCUT2D eigenvalue weighted by molar-refractivity contribution is 0.265. The number of nitrogens with one attached hydrogen (secondary N) is 1. The van der Waals surface area contributed by atoms with Gasteiger partial charge in [-0.2, -0.15) is 4.31 Å². The van der Waals surface area contributed by atoms with Gasteiger partial charge in [-0.25, -0.2) is 18.2 Å². The first-order valence-corrected chi connectivity index (χ1v) is 10.3. The highest BCUT2D eigenvalue weighted by atomic mass is 32.2. The number of aromatic nitrogens is 4. The summed E-state index contributed by atoms with van der Waals surface area (Å²) in [5.41, 5.74) is -0.399. The van der Waals surface area contributed by atoms with Crippen LogP contribution in [-0.2, 0) is 10.0 Å². The van der Waals surface area contributed by atoms with Gasteiger partial charge in [-0.05, 0) is 38.8 Å². The lowest BCUT2D eigenvalue weighted by Gasteiger charge is -2.31. The van der Waals surface area contributed by atoms with Crippen LogP contribution in [0.15, 0.2) is 37.3 Å². The molecule has 0 bridgehead atoms. The largest absolute Gasteiger partial charge is 0.360 e. The Morgan fingerprint density at radius 2 is 1.93 bits per heavy atom. The summed E-state index contributed by atoms with van der Waals surface area (Å²) in [5.74, 6) is 0.245. The summed E-state index contributed by atoms with van der Waals surface area (Å²) in [6, 6.07) is 2.84. The lowest BCUT2D eigenvalue weighted by Crippen LogP contribution is -2.45. The van der Waals surface area contributed by atoms with Gasteiger partial charge in [-0.3, -0.25) is 14.3 Å². The van der Waals surface area contributed by atoms with E-state index in [1.54, 1.807) is 26.0 Å². The number of nitrogens with zero attached hydrogens (tertiary/aromatic N) is 4. The molecule has 1 saturated heterocycles. The molecule has 3 aromatic heterocycles. The van der Waals surface area contributed by atoms with Gasteiger partial charge in [0.15, 0.2) is 5.76 Å². The molecule has 1 aliphatic heterocycles. The zero-order valence-electron chi connectivity index (χ0n) is 15.4. The Morgan fingerprint density at radius 3 is 2.57 bits per heavy atom. The Kier molecular flexibility index (Phi) is 4.42. The molecule has 1 N–H and O–H groups in total. The standard InChI is InChI=1S/C17H19N5O5S/c1-10-14(11(2)27-20-10)28(25,26)21-8-5-12(6-9-21)22-16(23)13-4-3-7-18-15(13)19-17(22)24/h3-4,7,12H,5-6,8-9H2,1-2H3,(H,18,19,24). The van der Waals surface area contributed by atoms with E-state index in [-0.39, 0.29) is 29.4 Å². The summed E-state index contributed by atoms with van der Waals surface area (Å²) >= 11 is 0. The van der Waals surface area contributed by atoms with E-state index in [2.05, 4.69) is 15.1 Å². The normalized spacial score (nSPS) is 16.6. The topological polar surface area (TPSA) is 131 Å². The lowest BCUT2D eigenvalue weighted by atomic mass is 10.1. The van der Waals surface area contributed by atoms with Crippen molar-refractivity contribution in [2.24, 2.45) is 0 Å². The number of pyridine rings is 1. The van der Waals surface area contributed by atoms with Crippen LogP contribution in [0, 0.1) is 13.8 Å². The predicted octanol–water partition coefficient (Wildman–Crippen LogP) is 0.715. The van der Waals surface area contributed by atoms with Gasteiger partial charge in [0.05, 0.1) is 5.39 Å². The predicted molar refractivity (Wildman–Crippen MR) is 99.6 cm³/mol. The number of hydrogen-bond acceptors (Lipinski definition) is 7. The minimum Gasteiger partial charge on any atom is -0.360 e. The third-order valence-corrected chi connectivity index (χ3v) is 7.20. The molecular formula is C17H19N5O5S. The van der Waals surface area contributed by atoms with Crippen LogP contribution in [0.4, 0.5) is 0 Å². The van der Waals surface area contributed by atoms with Gasteiger partial charge in [0.25, 0.3) is 5.56 Å². The molecule has 3 aromatic rings. The number of fused-ring (bicyclic) bond motifs is 1. The highest BCUT2D eigenvalue weighted by Crippen LogP contribution is 2.28. The average Bonchev–Trinajstić information content (AvgIpc) is 3.01. The molecule has 0 saturated carbocycles. The fraction of sp³-hybridized carbons (Fsp3) is 0.412. The molecule has 1 fully saturated rings. The van der Waals surface area contributed by atoms with Crippen molar-refractivity contribution >= 4 is 21.1 Å². The molecular weight excluding hydrogens is 386 g/mol. The summed E-state index contributed by atoms with van der Waals surface area (Å²) < 4.78 is 33.3. The molecule has 0 aliphatic carbocycles. The van der Waals surface area contributed by atoms with Gasteiger partial charge in [-0.15, -0.1) is 0 Å². The molecule has 0 spiro atoms. The number of rotatable bonds is 3. The summed E-state index contributed by atoms with van der Waals surface area (Å²) in [5, 5.41) is 4.04. The molecule has 11 heteroatoms. The van der Waals surface area contributed by atoms with Crippen LogP contribution in [-0.4, -0.2) is 45.5 Å². The Hall–Kier alpha value is -2.79. The van der Waals surface area contributed by atoms with Crippen molar-refractivity contribution < 1.29 is 12.9 Å². The van der Waals surface area contributed by atoms with Crippen LogP contribution in [0.5, 0.6) is 0 Å². The quantitative estimate of drug-likeness (QED) is 0.679. The second-order valence-corrected chi connectivity index (χ2v) is 8.67. The monoisotopic (exact) mass is 405 g/mol. The van der Waals surface area contributed by atoms with Crippen LogP contribution in [0.2, 0.25) is 0 Å². The number of H-pyrrole nitrogens is 1. The van der Waals surface area contributed by atoms with Crippen molar-refractivity contribution in [3.63, 3.8) is 0 Å². The van der Waals surface area contributed by atoms with Crippen molar-refractivity contribution in [3.8, 4) is 0 Å². The molecule has 0 amide bonds. The van der Waals surface area contributed by atoms with E-state index >= 15 is 0 Å². The van der Waals surface area contributed by atoms with Crippen molar-refractivity contribution in [2.45, 2.75) is 37.6 Å². The zero-order valence-corrected chi connectivity index (χ0v) is 16.2. The fourth-order valence-corrected chi connectivity index (χ4v) is 5.47. The number of aryl methyl sites for hydroxylation is 2. The van der Waals surface area contributed by atoms with E-state index < -0.39 is 27.3 Å². The molecule has 0 atom stereocenters. The highest BCUT2D eigenvalue weighted by Gasteiger charge is 2.34. The van der Waals surface area contributed by atoms with Gasteiger partial charge in [0.1, 0.15) is 16.2 Å². The molecule has 0 aromatic carbocycles. The third-order valence-electron chi connectivity index (χ3n) is 5.06. The molecule has 0 unspecified atom stereocenters. The molecule has 4 heterocycles. The Labute approximate surface area is 159 Å². The van der Waals surface area contributed by atoms with Crippen molar-refractivity contribution in [1.29, 1.82) is 0 Å². The summed E-state index contributed by atoms with van der Waals surface area (Å²) in [4.78, 5) is 31.9. The second kappa shape index (κ2) is 6.67. The molecule has 4 rings (SSSR count). The second-order valence-electron chi connectivity index (χ2n) is 6.79. The van der Waals surface area contributed by atoms with E-state index in [4.69, 9.17) is 4.52 Å². The SMILES string of the molecule is Cc1noc(C)c1S(=O)(=O)N1CCC(n2c(=O)[nH]c3ncccc3c2=O)CC1. The van der Waals surface area contributed by atoms with Gasteiger partial charge >= 0.3 is 5.69 Å². The number of piperidine rings is 1. The van der Waals surface area contributed by atoms with Gasteiger partial charge in [0.2, 0.25) is 10.0 Å². The Morgan fingerprint density at radius 1 is 1.21 bits per heavy atom. The maximum Gasteiger partial charge on any atom is 0.330 e. The van der Waals surface area contributed by atoms with Crippen LogP contribution >= 0.6 is 0 Å². The summed E-state index contributed by atoms with van der Waals surface area (Å²) in [6.07, 6.45) is 2.19.